The number of anilines is 1. The number of para-hydroxylation sites is 2. The lowest BCUT2D eigenvalue weighted by Crippen LogP contribution is -2.50. The third-order valence-corrected chi connectivity index (χ3v) is 5.46. The van der Waals surface area contributed by atoms with Crippen LogP contribution in [-0.2, 0) is 9.53 Å². The zero-order valence-corrected chi connectivity index (χ0v) is 18.7. The molecule has 0 aliphatic carbocycles. The fourth-order valence-corrected chi connectivity index (χ4v) is 3.94. The van der Waals surface area contributed by atoms with E-state index in [9.17, 15) is 9.59 Å². The predicted octanol–water partition coefficient (Wildman–Crippen LogP) is 3.52. The Hall–Kier alpha value is -2.44. The molecule has 2 heterocycles. The Balaban J connectivity index is 1.61. The van der Waals surface area contributed by atoms with Crippen LogP contribution in [0, 0.1) is 0 Å². The summed E-state index contributed by atoms with van der Waals surface area (Å²) in [5.41, 5.74) is 0.557. The van der Waals surface area contributed by atoms with Crippen LogP contribution in [0.25, 0.3) is 0 Å². The summed E-state index contributed by atoms with van der Waals surface area (Å²) in [5, 5.41) is 0. The number of benzene rings is 1. The van der Waals surface area contributed by atoms with E-state index in [1.54, 1.807) is 4.90 Å². The Morgan fingerprint density at radius 3 is 2.40 bits per heavy atom. The summed E-state index contributed by atoms with van der Waals surface area (Å²) in [6, 6.07) is 8.05. The summed E-state index contributed by atoms with van der Waals surface area (Å²) in [6.45, 7) is 11.7. The molecule has 2 fully saturated rings. The van der Waals surface area contributed by atoms with Crippen molar-refractivity contribution in [2.45, 2.75) is 58.7 Å². The maximum atomic E-state index is 12.3. The Labute approximate surface area is 179 Å². The summed E-state index contributed by atoms with van der Waals surface area (Å²) < 4.78 is 11.9. The highest BCUT2D eigenvalue weighted by Crippen LogP contribution is 2.31. The van der Waals surface area contributed by atoms with Crippen LogP contribution in [0.5, 0.6) is 5.75 Å². The number of carbonyl (C=O) groups is 2. The fraction of sp³-hybridized carbons (Fsp3) is 0.652. The topological polar surface area (TPSA) is 62.3 Å². The summed E-state index contributed by atoms with van der Waals surface area (Å²) >= 11 is 0. The smallest absolute Gasteiger partial charge is 0.410 e. The third-order valence-electron chi connectivity index (χ3n) is 5.46. The highest BCUT2D eigenvalue weighted by atomic mass is 16.6. The number of rotatable bonds is 4. The molecule has 0 radical (unpaired) electrons. The van der Waals surface area contributed by atoms with E-state index in [1.165, 1.54) is 0 Å². The van der Waals surface area contributed by atoms with Crippen molar-refractivity contribution < 1.29 is 19.1 Å². The van der Waals surface area contributed by atoms with Gasteiger partial charge in [-0.05, 0) is 45.7 Å². The molecule has 3 rings (SSSR count). The Morgan fingerprint density at radius 1 is 1.03 bits per heavy atom. The second-order valence-corrected chi connectivity index (χ2v) is 9.00. The molecule has 7 nitrogen and oxygen atoms in total. The number of carbonyl (C=O) groups excluding carboxylic acids is 2. The van der Waals surface area contributed by atoms with Crippen molar-refractivity contribution >= 4 is 17.7 Å². The molecule has 1 aromatic carbocycles. The van der Waals surface area contributed by atoms with Crippen molar-refractivity contribution in [1.82, 2.24) is 9.80 Å². The molecule has 7 heteroatoms. The zero-order valence-electron chi connectivity index (χ0n) is 18.7. The molecule has 2 amide bonds. The number of ether oxygens (including phenoxy) is 2. The first-order valence-electron chi connectivity index (χ1n) is 11.0. The van der Waals surface area contributed by atoms with Crippen LogP contribution >= 0.6 is 0 Å². The van der Waals surface area contributed by atoms with Crippen LogP contribution in [0.2, 0.25) is 0 Å². The third kappa shape index (κ3) is 5.80. The number of amides is 2. The van der Waals surface area contributed by atoms with Crippen LogP contribution < -0.4 is 9.64 Å². The van der Waals surface area contributed by atoms with E-state index in [0.717, 1.165) is 43.9 Å². The number of likely N-dealkylation sites (tertiary alicyclic amines) is 1. The number of nitrogens with zero attached hydrogens (tertiary/aromatic N) is 3. The van der Waals surface area contributed by atoms with Gasteiger partial charge in [-0.25, -0.2) is 4.79 Å². The molecule has 2 saturated heterocycles. The quantitative estimate of drug-likeness (QED) is 0.750. The van der Waals surface area contributed by atoms with Gasteiger partial charge in [0, 0.05) is 39.1 Å². The van der Waals surface area contributed by atoms with Gasteiger partial charge in [0.2, 0.25) is 5.91 Å². The van der Waals surface area contributed by atoms with Gasteiger partial charge in [0.25, 0.3) is 0 Å². The first kappa shape index (κ1) is 22.2. The Morgan fingerprint density at radius 2 is 1.73 bits per heavy atom. The zero-order chi connectivity index (χ0) is 21.7. The lowest BCUT2D eigenvalue weighted by Gasteiger charge is -2.38. The summed E-state index contributed by atoms with van der Waals surface area (Å²) in [4.78, 5) is 30.3. The van der Waals surface area contributed by atoms with Gasteiger partial charge >= 0.3 is 6.09 Å². The molecule has 30 heavy (non-hydrogen) atoms. The van der Waals surface area contributed by atoms with Crippen molar-refractivity contribution in [2.75, 3.05) is 44.2 Å². The van der Waals surface area contributed by atoms with E-state index in [1.807, 2.05) is 50.8 Å². The van der Waals surface area contributed by atoms with Crippen LogP contribution in [0.15, 0.2) is 24.3 Å². The minimum Gasteiger partial charge on any atom is -0.486 e. The van der Waals surface area contributed by atoms with Crippen molar-refractivity contribution in [3.8, 4) is 5.75 Å². The van der Waals surface area contributed by atoms with Crippen molar-refractivity contribution in [3.63, 3.8) is 0 Å². The molecule has 2 aliphatic heterocycles. The minimum absolute atomic E-state index is 0.0125. The van der Waals surface area contributed by atoms with Gasteiger partial charge in [0.05, 0.1) is 12.2 Å². The largest absolute Gasteiger partial charge is 0.486 e. The average Bonchev–Trinajstić information content (AvgIpc) is 2.73. The second kappa shape index (κ2) is 9.58. The van der Waals surface area contributed by atoms with Gasteiger partial charge in [-0.15, -0.1) is 0 Å². The Bertz CT molecular complexity index is 738. The molecule has 0 N–H and O–H groups in total. The molecule has 1 atom stereocenters. The van der Waals surface area contributed by atoms with Crippen LogP contribution in [-0.4, -0.2) is 72.8 Å². The van der Waals surface area contributed by atoms with Crippen LogP contribution in [0.4, 0.5) is 10.5 Å². The number of hydrogen-bond acceptors (Lipinski definition) is 5. The number of piperidine rings is 1. The summed E-state index contributed by atoms with van der Waals surface area (Å²) in [7, 11) is 0. The van der Waals surface area contributed by atoms with Gasteiger partial charge in [-0.3, -0.25) is 4.79 Å². The molecule has 1 aromatic rings. The van der Waals surface area contributed by atoms with Crippen molar-refractivity contribution in [1.29, 1.82) is 0 Å². The highest BCUT2D eigenvalue weighted by molar-refractivity contribution is 5.76. The SMILES string of the molecule is CCC(=O)N1CCCC(Oc2ccccc2N2CCN(C(=O)OC(C)(C)C)CC2)C1. The monoisotopic (exact) mass is 417 g/mol. The van der Waals surface area contributed by atoms with E-state index in [4.69, 9.17) is 9.47 Å². The first-order valence-corrected chi connectivity index (χ1v) is 11.0. The van der Waals surface area contributed by atoms with E-state index < -0.39 is 5.60 Å². The normalized spacial score (nSPS) is 20.1. The molecular weight excluding hydrogens is 382 g/mol. The predicted molar refractivity (Wildman–Crippen MR) is 117 cm³/mol. The van der Waals surface area contributed by atoms with Gasteiger partial charge < -0.3 is 24.2 Å². The molecule has 0 spiro atoms. The van der Waals surface area contributed by atoms with E-state index in [2.05, 4.69) is 11.0 Å². The van der Waals surface area contributed by atoms with Gasteiger partial charge in [0.1, 0.15) is 17.5 Å². The van der Waals surface area contributed by atoms with Crippen LogP contribution in [0.1, 0.15) is 47.0 Å². The maximum absolute atomic E-state index is 12.3. The Kier molecular flexibility index (Phi) is 7.10. The van der Waals surface area contributed by atoms with Crippen molar-refractivity contribution in [2.24, 2.45) is 0 Å². The summed E-state index contributed by atoms with van der Waals surface area (Å²) in [6.07, 6.45) is 2.21. The lowest BCUT2D eigenvalue weighted by molar-refractivity contribution is -0.133. The summed E-state index contributed by atoms with van der Waals surface area (Å²) in [5.74, 6) is 1.04. The maximum Gasteiger partial charge on any atom is 0.410 e. The molecule has 0 bridgehead atoms. The first-order chi connectivity index (χ1) is 14.3. The molecule has 0 aromatic heterocycles. The van der Waals surface area contributed by atoms with Gasteiger partial charge in [-0.1, -0.05) is 19.1 Å². The second-order valence-electron chi connectivity index (χ2n) is 9.00. The molecular formula is C23H35N3O4. The van der Waals surface area contributed by atoms with Gasteiger partial charge in [0.15, 0.2) is 0 Å². The molecule has 166 valence electrons. The molecule has 0 saturated carbocycles. The average molecular weight is 418 g/mol. The van der Waals surface area contributed by atoms with Crippen molar-refractivity contribution in [3.05, 3.63) is 24.3 Å². The molecule has 2 aliphatic rings. The lowest BCUT2D eigenvalue weighted by atomic mass is 10.1. The minimum atomic E-state index is -0.484. The van der Waals surface area contributed by atoms with E-state index >= 15 is 0 Å². The number of hydrogen-bond donors (Lipinski definition) is 0. The van der Waals surface area contributed by atoms with Crippen LogP contribution in [0.3, 0.4) is 0 Å². The van der Waals surface area contributed by atoms with E-state index in [0.29, 0.717) is 26.1 Å². The fourth-order valence-electron chi connectivity index (χ4n) is 3.94. The highest BCUT2D eigenvalue weighted by Gasteiger charge is 2.28. The standard InChI is InChI=1S/C23H35N3O4/c1-5-21(27)26-12-8-9-18(17-26)29-20-11-7-6-10-19(20)24-13-15-25(16-14-24)22(28)30-23(2,3)4/h6-7,10-11,18H,5,8-9,12-17H2,1-4H3. The van der Waals surface area contributed by atoms with E-state index in [-0.39, 0.29) is 18.1 Å². The molecule has 1 unspecified atom stereocenters. The van der Waals surface area contributed by atoms with Gasteiger partial charge in [-0.2, -0.15) is 0 Å². The number of piperazine rings is 1.